The van der Waals surface area contributed by atoms with Gasteiger partial charge < -0.3 is 10.6 Å². The molecule has 2 aliphatic rings. The summed E-state index contributed by atoms with van der Waals surface area (Å²) < 4.78 is 0. The maximum atomic E-state index is 11.6. The van der Waals surface area contributed by atoms with E-state index in [0.717, 1.165) is 24.2 Å². The van der Waals surface area contributed by atoms with Gasteiger partial charge in [0.2, 0.25) is 5.91 Å². The second-order valence-electron chi connectivity index (χ2n) is 4.17. The summed E-state index contributed by atoms with van der Waals surface area (Å²) in [7, 11) is 0. The molecule has 1 fully saturated rings. The summed E-state index contributed by atoms with van der Waals surface area (Å²) in [5, 5.41) is 6.23. The van der Waals surface area contributed by atoms with Crippen LogP contribution in [0.4, 0.5) is 0 Å². The summed E-state index contributed by atoms with van der Waals surface area (Å²) in [4.78, 5) is 11.6. The number of nitrogens with one attached hydrogen (secondary N) is 2. The third-order valence-corrected chi connectivity index (χ3v) is 2.67. The number of carbonyl (C=O) groups is 1. The van der Waals surface area contributed by atoms with Crippen LogP contribution in [0.15, 0.2) is 23.5 Å². The lowest BCUT2D eigenvalue weighted by Crippen LogP contribution is -2.53. The smallest absolute Gasteiger partial charge is 0.247 e. The summed E-state index contributed by atoms with van der Waals surface area (Å²) in [6, 6.07) is -0.0866. The standard InChI is InChI=1S/C11H16N2O/c1-7(2)10-11(14)13-9-6-4-3-5-8(9)12-10/h5-7,10,12H,3-4H2,1-2H3,(H,13,14). The van der Waals surface area contributed by atoms with Crippen LogP contribution in [0.25, 0.3) is 0 Å². The van der Waals surface area contributed by atoms with E-state index in [-0.39, 0.29) is 11.9 Å². The van der Waals surface area contributed by atoms with Gasteiger partial charge >= 0.3 is 0 Å². The lowest BCUT2D eigenvalue weighted by atomic mass is 9.98. The normalized spacial score (nSPS) is 25.9. The van der Waals surface area contributed by atoms with Gasteiger partial charge in [0.05, 0.1) is 11.4 Å². The SMILES string of the molecule is CC(C)C1NC2=CCCC=C2NC1=O. The minimum absolute atomic E-state index is 0.0866. The largest absolute Gasteiger partial charge is 0.372 e. The van der Waals surface area contributed by atoms with E-state index in [0.29, 0.717) is 5.92 Å². The van der Waals surface area contributed by atoms with E-state index < -0.39 is 0 Å². The highest BCUT2D eigenvalue weighted by molar-refractivity contribution is 5.86. The lowest BCUT2D eigenvalue weighted by molar-refractivity contribution is -0.123. The van der Waals surface area contributed by atoms with E-state index >= 15 is 0 Å². The Labute approximate surface area is 84.3 Å². The van der Waals surface area contributed by atoms with Crippen molar-refractivity contribution in [1.29, 1.82) is 0 Å². The molecule has 0 aromatic heterocycles. The van der Waals surface area contributed by atoms with Crippen molar-refractivity contribution in [3.05, 3.63) is 23.5 Å². The number of fused-ring (bicyclic) bond motifs is 1. The number of rotatable bonds is 1. The molecule has 0 radical (unpaired) electrons. The van der Waals surface area contributed by atoms with Crippen LogP contribution in [0.5, 0.6) is 0 Å². The molecule has 2 rings (SSSR count). The van der Waals surface area contributed by atoms with Crippen LogP contribution in [0, 0.1) is 5.92 Å². The highest BCUT2D eigenvalue weighted by Gasteiger charge is 2.29. The van der Waals surface area contributed by atoms with Crippen LogP contribution in [-0.4, -0.2) is 11.9 Å². The summed E-state index contributed by atoms with van der Waals surface area (Å²) in [6.07, 6.45) is 6.32. The molecular formula is C11H16N2O. The Hall–Kier alpha value is -1.25. The fraction of sp³-hybridized carbons (Fsp3) is 0.545. The molecule has 0 bridgehead atoms. The van der Waals surface area contributed by atoms with Gasteiger partial charge in [0, 0.05) is 0 Å². The third kappa shape index (κ3) is 1.54. The van der Waals surface area contributed by atoms with Gasteiger partial charge in [-0.05, 0) is 18.8 Å². The van der Waals surface area contributed by atoms with Gasteiger partial charge in [-0.1, -0.05) is 26.0 Å². The average Bonchev–Trinajstić information content (AvgIpc) is 2.16. The second-order valence-corrected chi connectivity index (χ2v) is 4.17. The Morgan fingerprint density at radius 2 is 1.93 bits per heavy atom. The molecule has 3 heteroatoms. The molecule has 1 atom stereocenters. The van der Waals surface area contributed by atoms with Gasteiger partial charge in [-0.25, -0.2) is 0 Å². The Kier molecular flexibility index (Phi) is 2.32. The monoisotopic (exact) mass is 192 g/mol. The molecule has 76 valence electrons. The first-order valence-electron chi connectivity index (χ1n) is 5.16. The van der Waals surface area contributed by atoms with E-state index in [1.165, 1.54) is 0 Å². The fourth-order valence-electron chi connectivity index (χ4n) is 1.84. The van der Waals surface area contributed by atoms with Crippen LogP contribution < -0.4 is 10.6 Å². The molecule has 1 aliphatic carbocycles. The highest BCUT2D eigenvalue weighted by Crippen LogP contribution is 2.20. The molecule has 0 spiro atoms. The molecule has 1 amide bonds. The minimum atomic E-state index is -0.0866. The van der Waals surface area contributed by atoms with Gasteiger partial charge in [-0.3, -0.25) is 4.79 Å². The topological polar surface area (TPSA) is 41.1 Å². The Bertz CT molecular complexity index is 315. The zero-order valence-corrected chi connectivity index (χ0v) is 8.63. The summed E-state index contributed by atoms with van der Waals surface area (Å²) in [6.45, 7) is 4.10. The van der Waals surface area contributed by atoms with E-state index in [1.54, 1.807) is 0 Å². The van der Waals surface area contributed by atoms with Crippen LogP contribution >= 0.6 is 0 Å². The predicted molar refractivity (Wildman–Crippen MR) is 55.3 cm³/mol. The average molecular weight is 192 g/mol. The number of carbonyl (C=O) groups excluding carboxylic acids is 1. The lowest BCUT2D eigenvalue weighted by Gasteiger charge is -2.32. The molecule has 0 aromatic rings. The summed E-state index contributed by atoms with van der Waals surface area (Å²) in [5.74, 6) is 0.407. The van der Waals surface area contributed by atoms with Gasteiger partial charge in [-0.15, -0.1) is 0 Å². The van der Waals surface area contributed by atoms with E-state index in [1.807, 2.05) is 0 Å². The Morgan fingerprint density at radius 1 is 1.29 bits per heavy atom. The molecule has 2 N–H and O–H groups in total. The first-order chi connectivity index (χ1) is 6.68. The first-order valence-corrected chi connectivity index (χ1v) is 5.16. The molecule has 1 heterocycles. The number of allylic oxidation sites excluding steroid dienone is 2. The van der Waals surface area contributed by atoms with Crippen LogP contribution in [0.2, 0.25) is 0 Å². The third-order valence-electron chi connectivity index (χ3n) is 2.67. The zero-order chi connectivity index (χ0) is 10.1. The van der Waals surface area contributed by atoms with Crippen molar-refractivity contribution in [2.24, 2.45) is 5.92 Å². The fourth-order valence-corrected chi connectivity index (χ4v) is 1.84. The highest BCUT2D eigenvalue weighted by atomic mass is 16.2. The van der Waals surface area contributed by atoms with Gasteiger partial charge in [-0.2, -0.15) is 0 Å². The maximum Gasteiger partial charge on any atom is 0.247 e. The number of piperazine rings is 1. The van der Waals surface area contributed by atoms with Crippen molar-refractivity contribution in [2.75, 3.05) is 0 Å². The number of hydrogen-bond donors (Lipinski definition) is 2. The predicted octanol–water partition coefficient (Wildman–Crippen LogP) is 1.29. The summed E-state index contributed by atoms with van der Waals surface area (Å²) >= 11 is 0. The molecule has 1 aliphatic heterocycles. The van der Waals surface area contributed by atoms with Gasteiger partial charge in [0.25, 0.3) is 0 Å². The van der Waals surface area contributed by atoms with Gasteiger partial charge in [0.1, 0.15) is 6.04 Å². The maximum absolute atomic E-state index is 11.6. The second kappa shape index (κ2) is 3.48. The van der Waals surface area contributed by atoms with Gasteiger partial charge in [0.15, 0.2) is 0 Å². The van der Waals surface area contributed by atoms with Crippen molar-refractivity contribution in [3.63, 3.8) is 0 Å². The zero-order valence-electron chi connectivity index (χ0n) is 8.63. The van der Waals surface area contributed by atoms with Crippen molar-refractivity contribution in [3.8, 4) is 0 Å². The molecule has 14 heavy (non-hydrogen) atoms. The van der Waals surface area contributed by atoms with Crippen molar-refractivity contribution < 1.29 is 4.79 Å². The molecular weight excluding hydrogens is 176 g/mol. The molecule has 1 unspecified atom stereocenters. The molecule has 1 saturated heterocycles. The van der Waals surface area contributed by atoms with Crippen molar-refractivity contribution in [2.45, 2.75) is 32.7 Å². The quantitative estimate of drug-likeness (QED) is 0.657. The number of hydrogen-bond acceptors (Lipinski definition) is 2. The van der Waals surface area contributed by atoms with E-state index in [9.17, 15) is 4.79 Å². The molecule has 0 saturated carbocycles. The van der Waals surface area contributed by atoms with Crippen molar-refractivity contribution >= 4 is 5.91 Å². The van der Waals surface area contributed by atoms with E-state index in [2.05, 4.69) is 36.6 Å². The summed E-state index contributed by atoms with van der Waals surface area (Å²) in [5.41, 5.74) is 2.05. The van der Waals surface area contributed by atoms with Crippen LogP contribution in [-0.2, 0) is 4.79 Å². The molecule has 3 nitrogen and oxygen atoms in total. The van der Waals surface area contributed by atoms with E-state index in [4.69, 9.17) is 0 Å². The number of amides is 1. The minimum Gasteiger partial charge on any atom is -0.372 e. The molecule has 0 aromatic carbocycles. The van der Waals surface area contributed by atoms with Crippen LogP contribution in [0.1, 0.15) is 26.7 Å². The van der Waals surface area contributed by atoms with Crippen LogP contribution in [0.3, 0.4) is 0 Å². The first kappa shape index (κ1) is 9.31. The Morgan fingerprint density at radius 3 is 2.57 bits per heavy atom. The Balaban J connectivity index is 2.19. The van der Waals surface area contributed by atoms with Crippen molar-refractivity contribution in [1.82, 2.24) is 10.6 Å².